The van der Waals surface area contributed by atoms with Crippen molar-refractivity contribution < 1.29 is 18.8 Å². The van der Waals surface area contributed by atoms with Crippen LogP contribution in [0.5, 0.6) is 0 Å². The maximum absolute atomic E-state index is 13.2. The lowest BCUT2D eigenvalue weighted by Crippen LogP contribution is -2.44. The third kappa shape index (κ3) is 3.87. The molecule has 2 aromatic carbocycles. The summed E-state index contributed by atoms with van der Waals surface area (Å²) in [5.74, 6) is -1.34. The molecule has 3 aromatic rings. The fourth-order valence-electron chi connectivity index (χ4n) is 3.76. The van der Waals surface area contributed by atoms with E-state index in [0.717, 1.165) is 15.3 Å². The molecule has 4 rings (SSSR count). The Hall–Kier alpha value is -3.59. The lowest BCUT2D eigenvalue weighted by Gasteiger charge is -2.25. The molecule has 1 saturated heterocycles. The zero-order chi connectivity index (χ0) is 22.9. The molecular formula is C23H21FN4O3S. The van der Waals surface area contributed by atoms with Crippen molar-refractivity contribution in [1.82, 2.24) is 15.2 Å². The van der Waals surface area contributed by atoms with Crippen LogP contribution in [-0.2, 0) is 15.1 Å². The Labute approximate surface area is 188 Å². The molecule has 1 aliphatic heterocycles. The number of amides is 4. The highest BCUT2D eigenvalue weighted by Crippen LogP contribution is 2.33. The van der Waals surface area contributed by atoms with E-state index in [-0.39, 0.29) is 5.82 Å². The van der Waals surface area contributed by atoms with Gasteiger partial charge in [0.15, 0.2) is 5.13 Å². The average molecular weight is 453 g/mol. The van der Waals surface area contributed by atoms with Crippen molar-refractivity contribution in [1.29, 1.82) is 0 Å². The van der Waals surface area contributed by atoms with Gasteiger partial charge in [0.05, 0.1) is 5.69 Å². The van der Waals surface area contributed by atoms with E-state index in [1.54, 1.807) is 36.4 Å². The molecule has 32 heavy (non-hydrogen) atoms. The van der Waals surface area contributed by atoms with Crippen LogP contribution in [0, 0.1) is 12.7 Å². The molecule has 4 amide bonds. The first-order valence-electron chi connectivity index (χ1n) is 10.1. The lowest BCUT2D eigenvalue weighted by atomic mass is 9.87. The van der Waals surface area contributed by atoms with Crippen molar-refractivity contribution in [2.45, 2.75) is 25.8 Å². The second kappa shape index (κ2) is 8.51. The first-order valence-corrected chi connectivity index (χ1v) is 10.9. The average Bonchev–Trinajstić information content (AvgIpc) is 3.27. The van der Waals surface area contributed by atoms with E-state index in [4.69, 9.17) is 0 Å². The van der Waals surface area contributed by atoms with Gasteiger partial charge in [-0.3, -0.25) is 14.5 Å². The van der Waals surface area contributed by atoms with E-state index in [1.807, 2.05) is 19.9 Å². The van der Waals surface area contributed by atoms with Crippen LogP contribution in [0.15, 0.2) is 54.6 Å². The summed E-state index contributed by atoms with van der Waals surface area (Å²) < 4.78 is 13.2. The monoisotopic (exact) mass is 452 g/mol. The predicted molar refractivity (Wildman–Crippen MR) is 120 cm³/mol. The standard InChI is InChI=1S/C23H21FN4O3S/c1-3-23(16-7-5-4-6-8-16)20(30)28(22(31)27-23)13-18(29)25-21-26-19(14(2)32-21)15-9-11-17(24)12-10-15/h4-12H,3,13H2,1-2H3,(H,27,31)(H,25,26,29). The Kier molecular flexibility index (Phi) is 5.75. The van der Waals surface area contributed by atoms with Gasteiger partial charge in [-0.2, -0.15) is 0 Å². The van der Waals surface area contributed by atoms with E-state index < -0.39 is 29.9 Å². The Morgan fingerprint density at radius 3 is 2.50 bits per heavy atom. The number of carbonyl (C=O) groups excluding carboxylic acids is 3. The number of hydrogen-bond donors (Lipinski definition) is 2. The van der Waals surface area contributed by atoms with Crippen molar-refractivity contribution in [3.05, 3.63) is 70.9 Å². The van der Waals surface area contributed by atoms with Crippen LogP contribution in [0.1, 0.15) is 23.8 Å². The third-order valence-electron chi connectivity index (χ3n) is 5.43. The molecule has 2 heterocycles. The van der Waals surface area contributed by atoms with Crippen molar-refractivity contribution in [2.24, 2.45) is 0 Å². The topological polar surface area (TPSA) is 91.4 Å². The summed E-state index contributed by atoms with van der Waals surface area (Å²) in [6.07, 6.45) is 0.354. The van der Waals surface area contributed by atoms with Crippen molar-refractivity contribution in [2.75, 3.05) is 11.9 Å². The number of anilines is 1. The van der Waals surface area contributed by atoms with Gasteiger partial charge < -0.3 is 10.6 Å². The van der Waals surface area contributed by atoms with Crippen molar-refractivity contribution >= 4 is 34.3 Å². The van der Waals surface area contributed by atoms with E-state index in [2.05, 4.69) is 15.6 Å². The molecule has 1 aromatic heterocycles. The van der Waals surface area contributed by atoms with Crippen molar-refractivity contribution in [3.8, 4) is 11.3 Å². The summed E-state index contributed by atoms with van der Waals surface area (Å²) >= 11 is 1.26. The highest BCUT2D eigenvalue weighted by atomic mass is 32.1. The predicted octanol–water partition coefficient (Wildman–Crippen LogP) is 4.05. The van der Waals surface area contributed by atoms with Gasteiger partial charge in [0.2, 0.25) is 5.91 Å². The molecule has 0 saturated carbocycles. The van der Waals surface area contributed by atoms with Gasteiger partial charge in [0.25, 0.3) is 5.91 Å². The Morgan fingerprint density at radius 2 is 1.84 bits per heavy atom. The van der Waals surface area contributed by atoms with Crippen LogP contribution in [0.3, 0.4) is 0 Å². The van der Waals surface area contributed by atoms with E-state index in [1.165, 1.54) is 23.5 Å². The molecule has 0 aliphatic carbocycles. The summed E-state index contributed by atoms with van der Waals surface area (Å²) in [5, 5.41) is 5.75. The van der Waals surface area contributed by atoms with Gasteiger partial charge in [-0.15, -0.1) is 11.3 Å². The van der Waals surface area contributed by atoms with Gasteiger partial charge in [0, 0.05) is 10.4 Å². The number of halogens is 1. The second-order valence-electron chi connectivity index (χ2n) is 7.43. The number of carbonyl (C=O) groups is 3. The Bertz CT molecular complexity index is 1180. The van der Waals surface area contributed by atoms with Crippen LogP contribution >= 0.6 is 11.3 Å². The Morgan fingerprint density at radius 1 is 1.16 bits per heavy atom. The van der Waals surface area contributed by atoms with Gasteiger partial charge in [0.1, 0.15) is 17.9 Å². The fraction of sp³-hybridized carbons (Fsp3) is 0.217. The molecule has 1 atom stereocenters. The largest absolute Gasteiger partial charge is 0.325 e. The van der Waals surface area contributed by atoms with E-state index in [9.17, 15) is 18.8 Å². The number of thiazole rings is 1. The molecule has 1 aliphatic rings. The molecule has 1 unspecified atom stereocenters. The van der Waals surface area contributed by atoms with Crippen LogP contribution in [0.2, 0.25) is 0 Å². The summed E-state index contributed by atoms with van der Waals surface area (Å²) in [5.41, 5.74) is 0.842. The zero-order valence-electron chi connectivity index (χ0n) is 17.5. The molecule has 2 N–H and O–H groups in total. The number of imide groups is 1. The van der Waals surface area contributed by atoms with Gasteiger partial charge in [-0.1, -0.05) is 37.3 Å². The maximum Gasteiger partial charge on any atom is 0.325 e. The van der Waals surface area contributed by atoms with E-state index >= 15 is 0 Å². The number of benzene rings is 2. The number of urea groups is 1. The number of hydrogen-bond acceptors (Lipinski definition) is 5. The molecule has 9 heteroatoms. The minimum absolute atomic E-state index is 0.337. The lowest BCUT2D eigenvalue weighted by molar-refractivity contribution is -0.134. The Balaban J connectivity index is 1.49. The van der Waals surface area contributed by atoms with Crippen LogP contribution in [0.25, 0.3) is 11.3 Å². The third-order valence-corrected chi connectivity index (χ3v) is 6.32. The van der Waals surface area contributed by atoms with Crippen LogP contribution in [-0.4, -0.2) is 34.3 Å². The second-order valence-corrected chi connectivity index (χ2v) is 8.63. The van der Waals surface area contributed by atoms with Gasteiger partial charge in [-0.05, 0) is 43.2 Å². The smallest absolute Gasteiger partial charge is 0.319 e. The minimum Gasteiger partial charge on any atom is -0.319 e. The molecule has 0 bridgehead atoms. The number of aryl methyl sites for hydroxylation is 1. The summed E-state index contributed by atoms with van der Waals surface area (Å²) in [6, 6.07) is 14.3. The summed E-state index contributed by atoms with van der Waals surface area (Å²) in [6.45, 7) is 3.23. The first-order chi connectivity index (χ1) is 15.3. The molecule has 0 spiro atoms. The van der Waals surface area contributed by atoms with Crippen LogP contribution < -0.4 is 10.6 Å². The number of nitrogens with zero attached hydrogens (tertiary/aromatic N) is 2. The maximum atomic E-state index is 13.2. The van der Waals surface area contributed by atoms with Gasteiger partial charge in [-0.25, -0.2) is 14.2 Å². The zero-order valence-corrected chi connectivity index (χ0v) is 18.3. The normalized spacial score (nSPS) is 18.0. The summed E-state index contributed by atoms with van der Waals surface area (Å²) in [4.78, 5) is 44.5. The summed E-state index contributed by atoms with van der Waals surface area (Å²) in [7, 11) is 0. The highest BCUT2D eigenvalue weighted by molar-refractivity contribution is 7.16. The van der Waals surface area contributed by atoms with Crippen LogP contribution in [0.4, 0.5) is 14.3 Å². The first kappa shape index (κ1) is 21.6. The highest BCUT2D eigenvalue weighted by Gasteiger charge is 2.51. The van der Waals surface area contributed by atoms with E-state index in [0.29, 0.717) is 22.8 Å². The van der Waals surface area contributed by atoms with Crippen molar-refractivity contribution in [3.63, 3.8) is 0 Å². The molecular weight excluding hydrogens is 431 g/mol. The van der Waals surface area contributed by atoms with Gasteiger partial charge >= 0.3 is 6.03 Å². The SMILES string of the molecule is CCC1(c2ccccc2)NC(=O)N(CC(=O)Nc2nc(-c3ccc(F)cc3)c(C)s2)C1=O. The molecule has 0 radical (unpaired) electrons. The molecule has 7 nitrogen and oxygen atoms in total. The minimum atomic E-state index is -1.19. The quantitative estimate of drug-likeness (QED) is 0.552. The molecule has 164 valence electrons. The number of nitrogens with one attached hydrogen (secondary N) is 2. The fourth-order valence-corrected chi connectivity index (χ4v) is 4.61. The number of rotatable bonds is 6. The molecule has 1 fully saturated rings. The number of aromatic nitrogens is 1.